The first kappa shape index (κ1) is 8.24. The van der Waals surface area contributed by atoms with E-state index in [4.69, 9.17) is 5.21 Å². The zero-order chi connectivity index (χ0) is 8.27. The van der Waals surface area contributed by atoms with E-state index < -0.39 is 0 Å². The number of aryl methyl sites for hydroxylation is 1. The van der Waals surface area contributed by atoms with Crippen molar-refractivity contribution >= 4 is 0 Å². The van der Waals surface area contributed by atoms with E-state index in [0.717, 1.165) is 5.56 Å². The lowest BCUT2D eigenvalue weighted by Gasteiger charge is -2.11. The van der Waals surface area contributed by atoms with Crippen LogP contribution in [0, 0.1) is 6.92 Å². The van der Waals surface area contributed by atoms with E-state index >= 15 is 0 Å². The largest absolute Gasteiger partial charge is 0.316 e. The summed E-state index contributed by atoms with van der Waals surface area (Å²) in [4.78, 5) is 0. The average molecular weight is 151 g/mol. The molecule has 60 valence electrons. The lowest BCUT2D eigenvalue weighted by molar-refractivity contribution is 0.133. The molecule has 0 aliphatic carbocycles. The van der Waals surface area contributed by atoms with E-state index in [-0.39, 0.29) is 6.04 Å². The molecule has 0 heterocycles. The van der Waals surface area contributed by atoms with Crippen molar-refractivity contribution < 1.29 is 5.21 Å². The van der Waals surface area contributed by atoms with Gasteiger partial charge in [-0.25, -0.2) is 0 Å². The molecule has 11 heavy (non-hydrogen) atoms. The summed E-state index contributed by atoms with van der Waals surface area (Å²) in [6.45, 7) is 3.95. The number of nitrogens with one attached hydrogen (secondary N) is 1. The smallest absolute Gasteiger partial charge is 0.0543 e. The second-order valence-corrected chi connectivity index (χ2v) is 2.71. The molecular formula is C9H13NO. The van der Waals surface area contributed by atoms with Gasteiger partial charge in [0, 0.05) is 0 Å². The maximum atomic E-state index is 8.66. The summed E-state index contributed by atoms with van der Waals surface area (Å²) in [5.41, 5.74) is 4.55. The van der Waals surface area contributed by atoms with Crippen LogP contribution in [-0.2, 0) is 0 Å². The van der Waals surface area contributed by atoms with Gasteiger partial charge in [-0.3, -0.25) is 0 Å². The van der Waals surface area contributed by atoms with Gasteiger partial charge >= 0.3 is 0 Å². The van der Waals surface area contributed by atoms with E-state index in [2.05, 4.69) is 5.48 Å². The second-order valence-electron chi connectivity index (χ2n) is 2.71. The SMILES string of the molecule is Cc1ccccc1C(C)NO. The Morgan fingerprint density at radius 1 is 1.36 bits per heavy atom. The van der Waals surface area contributed by atoms with Crippen LogP contribution < -0.4 is 5.48 Å². The summed E-state index contributed by atoms with van der Waals surface area (Å²) < 4.78 is 0. The van der Waals surface area contributed by atoms with Crippen molar-refractivity contribution in [1.29, 1.82) is 0 Å². The predicted molar refractivity (Wildman–Crippen MR) is 44.5 cm³/mol. The van der Waals surface area contributed by atoms with Crippen LogP contribution in [0.5, 0.6) is 0 Å². The van der Waals surface area contributed by atoms with Crippen molar-refractivity contribution in [2.75, 3.05) is 0 Å². The molecule has 1 aromatic carbocycles. The van der Waals surface area contributed by atoms with Gasteiger partial charge in [-0.1, -0.05) is 24.3 Å². The standard InChI is InChI=1S/C9H13NO/c1-7-5-3-4-6-9(7)8(2)10-11/h3-6,8,10-11H,1-2H3. The Labute approximate surface area is 66.8 Å². The molecule has 0 saturated heterocycles. The highest BCUT2D eigenvalue weighted by atomic mass is 16.5. The predicted octanol–water partition coefficient (Wildman–Crippen LogP) is 2.03. The van der Waals surface area contributed by atoms with Crippen molar-refractivity contribution in [2.45, 2.75) is 19.9 Å². The Bertz CT molecular complexity index is 235. The molecule has 2 heteroatoms. The Balaban J connectivity index is 2.93. The Morgan fingerprint density at radius 2 is 2.00 bits per heavy atom. The van der Waals surface area contributed by atoms with E-state index in [1.54, 1.807) is 0 Å². The van der Waals surface area contributed by atoms with Crippen LogP contribution in [0.15, 0.2) is 24.3 Å². The molecular weight excluding hydrogens is 138 g/mol. The van der Waals surface area contributed by atoms with Gasteiger partial charge < -0.3 is 5.21 Å². The summed E-state index contributed by atoms with van der Waals surface area (Å²) >= 11 is 0. The highest BCUT2D eigenvalue weighted by molar-refractivity contribution is 5.27. The summed E-state index contributed by atoms with van der Waals surface area (Å²) in [5.74, 6) is 0. The molecule has 0 bridgehead atoms. The first-order chi connectivity index (χ1) is 5.25. The van der Waals surface area contributed by atoms with Gasteiger partial charge in [0.1, 0.15) is 0 Å². The summed E-state index contributed by atoms with van der Waals surface area (Å²) in [6, 6.07) is 8.00. The molecule has 0 amide bonds. The van der Waals surface area contributed by atoms with Gasteiger partial charge in [-0.15, -0.1) is 0 Å². The maximum absolute atomic E-state index is 8.66. The Hall–Kier alpha value is -0.860. The molecule has 2 N–H and O–H groups in total. The number of hydrogen-bond acceptors (Lipinski definition) is 2. The van der Waals surface area contributed by atoms with Crippen LogP contribution in [0.2, 0.25) is 0 Å². The van der Waals surface area contributed by atoms with Crippen LogP contribution in [-0.4, -0.2) is 5.21 Å². The minimum atomic E-state index is 0.0104. The summed E-state index contributed by atoms with van der Waals surface area (Å²) in [6.07, 6.45) is 0. The van der Waals surface area contributed by atoms with Crippen molar-refractivity contribution in [1.82, 2.24) is 5.48 Å². The van der Waals surface area contributed by atoms with E-state index in [9.17, 15) is 0 Å². The second kappa shape index (κ2) is 3.51. The van der Waals surface area contributed by atoms with Crippen molar-refractivity contribution in [3.8, 4) is 0 Å². The molecule has 2 nitrogen and oxygen atoms in total. The molecule has 0 radical (unpaired) electrons. The fourth-order valence-corrected chi connectivity index (χ4v) is 1.14. The quantitative estimate of drug-likeness (QED) is 0.634. The van der Waals surface area contributed by atoms with Crippen LogP contribution in [0.3, 0.4) is 0 Å². The fraction of sp³-hybridized carbons (Fsp3) is 0.333. The number of hydrogen-bond donors (Lipinski definition) is 2. The topological polar surface area (TPSA) is 32.3 Å². The Morgan fingerprint density at radius 3 is 2.55 bits per heavy atom. The average Bonchev–Trinajstić information content (AvgIpc) is 2.04. The minimum absolute atomic E-state index is 0.0104. The van der Waals surface area contributed by atoms with Gasteiger partial charge in [0.25, 0.3) is 0 Å². The van der Waals surface area contributed by atoms with Crippen molar-refractivity contribution in [2.24, 2.45) is 0 Å². The van der Waals surface area contributed by atoms with Crippen LogP contribution in [0.1, 0.15) is 24.1 Å². The zero-order valence-electron chi connectivity index (χ0n) is 6.83. The van der Waals surface area contributed by atoms with E-state index in [1.165, 1.54) is 5.56 Å². The zero-order valence-corrected chi connectivity index (χ0v) is 6.83. The third kappa shape index (κ3) is 1.79. The normalized spacial score (nSPS) is 13.0. The summed E-state index contributed by atoms with van der Waals surface area (Å²) in [7, 11) is 0. The molecule has 1 atom stereocenters. The molecule has 0 aliphatic heterocycles. The molecule has 1 aromatic rings. The van der Waals surface area contributed by atoms with Gasteiger partial charge in [0.05, 0.1) is 6.04 Å². The fourth-order valence-electron chi connectivity index (χ4n) is 1.14. The molecule has 1 rings (SSSR count). The first-order valence-corrected chi connectivity index (χ1v) is 3.71. The van der Waals surface area contributed by atoms with Gasteiger partial charge in [0.15, 0.2) is 0 Å². The molecule has 0 spiro atoms. The molecule has 0 aliphatic rings. The van der Waals surface area contributed by atoms with Crippen LogP contribution >= 0.6 is 0 Å². The third-order valence-corrected chi connectivity index (χ3v) is 1.85. The van der Waals surface area contributed by atoms with E-state index in [1.807, 2.05) is 38.1 Å². The van der Waals surface area contributed by atoms with E-state index in [0.29, 0.717) is 0 Å². The highest BCUT2D eigenvalue weighted by Gasteiger charge is 2.04. The van der Waals surface area contributed by atoms with Gasteiger partial charge in [-0.2, -0.15) is 5.48 Å². The number of benzene rings is 1. The Kier molecular flexibility index (Phi) is 2.63. The van der Waals surface area contributed by atoms with Crippen LogP contribution in [0.25, 0.3) is 0 Å². The molecule has 0 aromatic heterocycles. The molecule has 1 unspecified atom stereocenters. The van der Waals surface area contributed by atoms with Gasteiger partial charge in [-0.05, 0) is 25.0 Å². The van der Waals surface area contributed by atoms with Crippen molar-refractivity contribution in [3.63, 3.8) is 0 Å². The maximum Gasteiger partial charge on any atom is 0.0543 e. The molecule has 0 fully saturated rings. The lowest BCUT2D eigenvalue weighted by atomic mass is 10.0. The number of rotatable bonds is 2. The van der Waals surface area contributed by atoms with Crippen LogP contribution in [0.4, 0.5) is 0 Å². The minimum Gasteiger partial charge on any atom is -0.316 e. The first-order valence-electron chi connectivity index (χ1n) is 3.71. The lowest BCUT2D eigenvalue weighted by Crippen LogP contribution is -2.13. The number of hydroxylamine groups is 1. The van der Waals surface area contributed by atoms with Crippen molar-refractivity contribution in [3.05, 3.63) is 35.4 Å². The third-order valence-electron chi connectivity index (χ3n) is 1.85. The monoisotopic (exact) mass is 151 g/mol. The van der Waals surface area contributed by atoms with Gasteiger partial charge in [0.2, 0.25) is 0 Å². The summed E-state index contributed by atoms with van der Waals surface area (Å²) in [5, 5.41) is 8.66. The highest BCUT2D eigenvalue weighted by Crippen LogP contribution is 2.15. The molecule has 0 saturated carbocycles.